The fourth-order valence-electron chi connectivity index (χ4n) is 5.76. The van der Waals surface area contributed by atoms with Crippen LogP contribution in [0.15, 0.2) is 4.99 Å². The SMILES string of the molecule is CSC(=NC1C(C(C)C)CCCC1C(C)C)NC12CCC(CC1)C2. The lowest BCUT2D eigenvalue weighted by Crippen LogP contribution is -2.46. The van der Waals surface area contributed by atoms with Gasteiger partial charge in [0.2, 0.25) is 0 Å². The third-order valence-corrected chi connectivity index (χ3v) is 7.83. The normalized spacial score (nSPS) is 39.9. The van der Waals surface area contributed by atoms with Crippen LogP contribution in [0.2, 0.25) is 0 Å². The van der Waals surface area contributed by atoms with E-state index in [9.17, 15) is 0 Å². The van der Waals surface area contributed by atoms with Crippen molar-refractivity contribution in [3.05, 3.63) is 0 Å². The molecule has 1 N–H and O–H groups in total. The predicted molar refractivity (Wildman–Crippen MR) is 108 cm³/mol. The molecule has 3 heteroatoms. The van der Waals surface area contributed by atoms with Gasteiger partial charge >= 0.3 is 0 Å². The maximum atomic E-state index is 5.40. The van der Waals surface area contributed by atoms with Crippen LogP contribution >= 0.6 is 11.8 Å². The Balaban J connectivity index is 1.79. The van der Waals surface area contributed by atoms with E-state index >= 15 is 0 Å². The summed E-state index contributed by atoms with van der Waals surface area (Å²) in [5.41, 5.74) is 0.391. The van der Waals surface area contributed by atoms with Crippen molar-refractivity contribution in [3.63, 3.8) is 0 Å². The highest BCUT2D eigenvalue weighted by atomic mass is 32.2. The molecule has 3 saturated carbocycles. The highest BCUT2D eigenvalue weighted by Gasteiger charge is 2.45. The van der Waals surface area contributed by atoms with Gasteiger partial charge in [-0.3, -0.25) is 4.99 Å². The van der Waals surface area contributed by atoms with Gasteiger partial charge < -0.3 is 5.32 Å². The zero-order valence-corrected chi connectivity index (χ0v) is 17.3. The second kappa shape index (κ2) is 7.60. The van der Waals surface area contributed by atoms with Crippen LogP contribution in [-0.4, -0.2) is 23.0 Å². The molecule has 0 spiro atoms. The number of fused-ring (bicyclic) bond motifs is 2. The summed E-state index contributed by atoms with van der Waals surface area (Å²) in [5, 5.41) is 5.19. The molecule has 138 valence electrons. The van der Waals surface area contributed by atoms with Crippen LogP contribution in [0.4, 0.5) is 0 Å². The summed E-state index contributed by atoms with van der Waals surface area (Å²) in [6, 6.07) is 0.517. The molecular weight excluding hydrogens is 312 g/mol. The number of hydrogen-bond acceptors (Lipinski definition) is 2. The number of nitrogens with one attached hydrogen (secondary N) is 1. The van der Waals surface area contributed by atoms with Crippen LogP contribution in [0, 0.1) is 29.6 Å². The standard InChI is InChI=1S/C21H38N2S/c1-14(2)17-7-6-8-18(15(3)4)19(17)22-20(24-5)23-21-11-9-16(13-21)10-12-21/h14-19H,6-13H2,1-5H3,(H,22,23). The van der Waals surface area contributed by atoms with Crippen molar-refractivity contribution in [2.45, 2.75) is 90.6 Å². The molecule has 2 atom stereocenters. The van der Waals surface area contributed by atoms with Gasteiger partial charge in [0.05, 0.1) is 6.04 Å². The van der Waals surface area contributed by atoms with E-state index in [0.29, 0.717) is 11.6 Å². The van der Waals surface area contributed by atoms with E-state index in [1.54, 1.807) is 0 Å². The van der Waals surface area contributed by atoms with Crippen molar-refractivity contribution in [2.24, 2.45) is 34.6 Å². The van der Waals surface area contributed by atoms with Gasteiger partial charge in [-0.1, -0.05) is 45.9 Å². The van der Waals surface area contributed by atoms with Gasteiger partial charge in [0.15, 0.2) is 5.17 Å². The van der Waals surface area contributed by atoms with E-state index in [1.807, 2.05) is 11.8 Å². The van der Waals surface area contributed by atoms with E-state index in [4.69, 9.17) is 4.99 Å². The molecule has 0 aromatic rings. The average Bonchev–Trinajstić information content (AvgIpc) is 3.14. The van der Waals surface area contributed by atoms with Gasteiger partial charge in [-0.25, -0.2) is 0 Å². The number of rotatable bonds is 4. The summed E-state index contributed by atoms with van der Waals surface area (Å²) in [5.74, 6) is 3.98. The Morgan fingerprint density at radius 2 is 1.58 bits per heavy atom. The third kappa shape index (κ3) is 3.81. The monoisotopic (exact) mass is 350 g/mol. The largest absolute Gasteiger partial charge is 0.359 e. The molecule has 3 fully saturated rings. The van der Waals surface area contributed by atoms with Gasteiger partial charge in [0.25, 0.3) is 0 Å². The molecule has 3 aliphatic carbocycles. The summed E-state index contributed by atoms with van der Waals surface area (Å²) in [7, 11) is 0. The van der Waals surface area contributed by atoms with Crippen LogP contribution in [0.1, 0.15) is 79.1 Å². The van der Waals surface area contributed by atoms with E-state index in [1.165, 1.54) is 56.5 Å². The van der Waals surface area contributed by atoms with Crippen LogP contribution in [-0.2, 0) is 0 Å². The first-order chi connectivity index (χ1) is 11.4. The molecule has 0 amide bonds. The minimum atomic E-state index is 0.391. The Morgan fingerprint density at radius 1 is 1.00 bits per heavy atom. The number of amidine groups is 1. The summed E-state index contributed by atoms with van der Waals surface area (Å²) in [6.07, 6.45) is 13.3. The Labute approximate surface area is 154 Å². The second-order valence-electron chi connectivity index (χ2n) is 9.43. The predicted octanol–water partition coefficient (Wildman–Crippen LogP) is 5.72. The van der Waals surface area contributed by atoms with Gasteiger partial charge in [0.1, 0.15) is 0 Å². The second-order valence-corrected chi connectivity index (χ2v) is 10.2. The third-order valence-electron chi connectivity index (χ3n) is 7.24. The Bertz CT molecular complexity index is 433. The Hall–Kier alpha value is -0.180. The molecular formula is C21H38N2S. The zero-order chi connectivity index (χ0) is 17.3. The van der Waals surface area contributed by atoms with E-state index in [2.05, 4.69) is 39.3 Å². The average molecular weight is 351 g/mol. The molecule has 2 bridgehead atoms. The van der Waals surface area contributed by atoms with Gasteiger partial charge in [-0.2, -0.15) is 0 Å². The van der Waals surface area contributed by atoms with Gasteiger partial charge in [-0.15, -0.1) is 0 Å². The fourth-order valence-corrected chi connectivity index (χ4v) is 6.31. The van der Waals surface area contributed by atoms with E-state index < -0.39 is 0 Å². The molecule has 3 rings (SSSR count). The minimum Gasteiger partial charge on any atom is -0.359 e. The fraction of sp³-hybridized carbons (Fsp3) is 0.952. The molecule has 2 unspecified atom stereocenters. The topological polar surface area (TPSA) is 24.4 Å². The summed E-state index contributed by atoms with van der Waals surface area (Å²) < 4.78 is 0. The number of nitrogens with zero attached hydrogens (tertiary/aromatic N) is 1. The minimum absolute atomic E-state index is 0.391. The van der Waals surface area contributed by atoms with Crippen molar-refractivity contribution in [3.8, 4) is 0 Å². The van der Waals surface area contributed by atoms with E-state index in [-0.39, 0.29) is 0 Å². The molecule has 0 aromatic heterocycles. The Morgan fingerprint density at radius 3 is 2.00 bits per heavy atom. The lowest BCUT2D eigenvalue weighted by molar-refractivity contribution is 0.142. The molecule has 0 radical (unpaired) electrons. The van der Waals surface area contributed by atoms with Crippen molar-refractivity contribution in [1.82, 2.24) is 5.32 Å². The first-order valence-corrected chi connectivity index (χ1v) is 11.6. The van der Waals surface area contributed by atoms with Crippen LogP contribution in [0.3, 0.4) is 0 Å². The van der Waals surface area contributed by atoms with Gasteiger partial charge in [0, 0.05) is 5.54 Å². The van der Waals surface area contributed by atoms with Crippen molar-refractivity contribution >= 4 is 16.9 Å². The molecule has 0 aliphatic heterocycles. The smallest absolute Gasteiger partial charge is 0.156 e. The van der Waals surface area contributed by atoms with Crippen molar-refractivity contribution in [2.75, 3.05) is 6.26 Å². The van der Waals surface area contributed by atoms with Gasteiger partial charge in [-0.05, 0) is 80.8 Å². The van der Waals surface area contributed by atoms with Crippen LogP contribution in [0.25, 0.3) is 0 Å². The highest BCUT2D eigenvalue weighted by molar-refractivity contribution is 8.13. The summed E-state index contributed by atoms with van der Waals surface area (Å²) >= 11 is 1.85. The molecule has 3 aliphatic rings. The van der Waals surface area contributed by atoms with Crippen LogP contribution < -0.4 is 5.32 Å². The molecule has 24 heavy (non-hydrogen) atoms. The summed E-state index contributed by atoms with van der Waals surface area (Å²) in [6.45, 7) is 9.61. The van der Waals surface area contributed by atoms with Crippen molar-refractivity contribution < 1.29 is 0 Å². The Kier molecular flexibility index (Phi) is 5.89. The maximum absolute atomic E-state index is 5.40. The first kappa shape index (κ1) is 18.6. The number of thioether (sulfide) groups is 1. The summed E-state index contributed by atoms with van der Waals surface area (Å²) in [4.78, 5) is 5.40. The number of hydrogen-bond donors (Lipinski definition) is 1. The lowest BCUT2D eigenvalue weighted by Gasteiger charge is -2.41. The molecule has 0 saturated heterocycles. The highest BCUT2D eigenvalue weighted by Crippen LogP contribution is 2.48. The molecule has 2 nitrogen and oxygen atoms in total. The number of aliphatic imine (C=N–C) groups is 1. The zero-order valence-electron chi connectivity index (χ0n) is 16.5. The van der Waals surface area contributed by atoms with Crippen molar-refractivity contribution in [1.29, 1.82) is 0 Å². The lowest BCUT2D eigenvalue weighted by atomic mass is 9.69. The molecule has 0 aromatic carbocycles. The first-order valence-electron chi connectivity index (χ1n) is 10.3. The van der Waals surface area contributed by atoms with Crippen LogP contribution in [0.5, 0.6) is 0 Å². The maximum Gasteiger partial charge on any atom is 0.156 e. The molecule has 0 heterocycles. The quantitative estimate of drug-likeness (QED) is 0.517. The van der Waals surface area contributed by atoms with E-state index in [0.717, 1.165) is 29.6 Å².